The number of carbonyl (C=O) groups excluding carboxylic acids is 2. The van der Waals surface area contributed by atoms with Crippen molar-refractivity contribution in [2.75, 3.05) is 19.6 Å². The molecule has 0 aromatic rings. The van der Waals surface area contributed by atoms with Gasteiger partial charge in [-0.3, -0.25) is 15.0 Å². The molecule has 0 saturated heterocycles. The molecule has 0 aromatic heterocycles. The maximum absolute atomic E-state index is 11.9. The van der Waals surface area contributed by atoms with E-state index in [-0.39, 0.29) is 12.5 Å². The molecule has 6 heteroatoms. The molecule has 4 N–H and O–H groups in total. The van der Waals surface area contributed by atoms with Crippen molar-refractivity contribution in [3.63, 3.8) is 0 Å². The molecule has 0 heterocycles. The van der Waals surface area contributed by atoms with Crippen LogP contribution in [0, 0.1) is 0 Å². The fraction of sp³-hybridized carbons (Fsp3) is 0.857. The van der Waals surface area contributed by atoms with Gasteiger partial charge < -0.3 is 11.1 Å². The van der Waals surface area contributed by atoms with Gasteiger partial charge in [-0.1, -0.05) is 6.92 Å². The van der Waals surface area contributed by atoms with Gasteiger partial charge in [0.1, 0.15) is 0 Å². The Morgan fingerprint density at radius 3 is 2.40 bits per heavy atom. The number of urea groups is 1. The zero-order chi connectivity index (χ0) is 15.0. The molecule has 1 aliphatic rings. The lowest BCUT2D eigenvalue weighted by Gasteiger charge is -2.35. The third-order valence-electron chi connectivity index (χ3n) is 3.71. The summed E-state index contributed by atoms with van der Waals surface area (Å²) in [6.07, 6.45) is 5.10. The molecule has 0 atom stereocenters. The van der Waals surface area contributed by atoms with E-state index in [0.717, 1.165) is 38.6 Å². The molecule has 3 amide bonds. The van der Waals surface area contributed by atoms with Crippen LogP contribution in [-0.2, 0) is 4.79 Å². The van der Waals surface area contributed by atoms with E-state index in [9.17, 15) is 9.59 Å². The molecule has 0 bridgehead atoms. The van der Waals surface area contributed by atoms with Gasteiger partial charge in [0.25, 0.3) is 0 Å². The molecule has 0 spiro atoms. The van der Waals surface area contributed by atoms with Gasteiger partial charge in [-0.05, 0) is 45.6 Å². The third kappa shape index (κ3) is 5.88. The number of amides is 3. The maximum Gasteiger partial charge on any atom is 0.321 e. The number of nitrogens with one attached hydrogen (secondary N) is 2. The van der Waals surface area contributed by atoms with Crippen molar-refractivity contribution in [1.82, 2.24) is 15.5 Å². The van der Waals surface area contributed by atoms with Gasteiger partial charge >= 0.3 is 6.03 Å². The summed E-state index contributed by atoms with van der Waals surface area (Å²) in [7, 11) is 0. The first-order chi connectivity index (χ1) is 9.56. The normalized spacial score (nSPS) is 22.6. The molecule has 0 aromatic carbocycles. The summed E-state index contributed by atoms with van der Waals surface area (Å²) < 4.78 is 0. The van der Waals surface area contributed by atoms with Crippen molar-refractivity contribution in [2.45, 2.75) is 58.0 Å². The first-order valence-electron chi connectivity index (χ1n) is 7.64. The highest BCUT2D eigenvalue weighted by molar-refractivity contribution is 5.95. The summed E-state index contributed by atoms with van der Waals surface area (Å²) in [5, 5.41) is 4.92. The summed E-state index contributed by atoms with van der Waals surface area (Å²) in [6.45, 7) is 5.59. The summed E-state index contributed by atoms with van der Waals surface area (Å²) >= 11 is 0. The standard InChI is InChI=1S/C14H28N4O2/c1-3-9-18(12-7-5-11(15)6-8-12)10-13(19)17-14(20)16-4-2/h11-12H,3-10,15H2,1-2H3,(H2,16,17,19,20). The molecule has 1 rings (SSSR count). The number of carbonyl (C=O) groups is 2. The van der Waals surface area contributed by atoms with Crippen LogP contribution < -0.4 is 16.4 Å². The van der Waals surface area contributed by atoms with E-state index < -0.39 is 6.03 Å². The van der Waals surface area contributed by atoms with Crippen molar-refractivity contribution >= 4 is 11.9 Å². The van der Waals surface area contributed by atoms with Crippen LogP contribution in [0.3, 0.4) is 0 Å². The van der Waals surface area contributed by atoms with Gasteiger partial charge in [-0.25, -0.2) is 4.79 Å². The molecular formula is C14H28N4O2. The van der Waals surface area contributed by atoms with Crippen LogP contribution in [-0.4, -0.2) is 48.6 Å². The number of imide groups is 1. The Hall–Kier alpha value is -1.14. The van der Waals surface area contributed by atoms with Crippen molar-refractivity contribution < 1.29 is 9.59 Å². The first kappa shape index (κ1) is 16.9. The second-order valence-corrected chi connectivity index (χ2v) is 5.45. The fourth-order valence-corrected chi connectivity index (χ4v) is 2.70. The van der Waals surface area contributed by atoms with E-state index in [1.165, 1.54) is 0 Å². The van der Waals surface area contributed by atoms with Crippen molar-refractivity contribution in [1.29, 1.82) is 0 Å². The average molecular weight is 284 g/mol. The minimum Gasteiger partial charge on any atom is -0.338 e. The minimum absolute atomic E-state index is 0.237. The lowest BCUT2D eigenvalue weighted by Crippen LogP contribution is -2.48. The topological polar surface area (TPSA) is 87.5 Å². The van der Waals surface area contributed by atoms with E-state index in [1.54, 1.807) is 0 Å². The SMILES string of the molecule is CCCN(CC(=O)NC(=O)NCC)C1CCC(N)CC1. The molecule has 20 heavy (non-hydrogen) atoms. The van der Waals surface area contributed by atoms with Gasteiger partial charge in [-0.15, -0.1) is 0 Å². The highest BCUT2D eigenvalue weighted by atomic mass is 16.2. The minimum atomic E-state index is -0.417. The number of hydrogen-bond donors (Lipinski definition) is 3. The summed E-state index contributed by atoms with van der Waals surface area (Å²) in [5.74, 6) is -0.237. The molecule has 6 nitrogen and oxygen atoms in total. The Balaban J connectivity index is 2.45. The van der Waals surface area contributed by atoms with Crippen LogP contribution in [0.25, 0.3) is 0 Å². The van der Waals surface area contributed by atoms with Crippen LogP contribution in [0.2, 0.25) is 0 Å². The lowest BCUT2D eigenvalue weighted by molar-refractivity contribution is -0.121. The molecule has 0 radical (unpaired) electrons. The number of nitrogens with zero attached hydrogens (tertiary/aromatic N) is 1. The quantitative estimate of drug-likeness (QED) is 0.673. The van der Waals surface area contributed by atoms with E-state index >= 15 is 0 Å². The summed E-state index contributed by atoms with van der Waals surface area (Å²) in [6, 6.07) is 0.299. The van der Waals surface area contributed by atoms with Crippen LogP contribution >= 0.6 is 0 Å². The molecule has 1 saturated carbocycles. The van der Waals surface area contributed by atoms with Crippen LogP contribution in [0.15, 0.2) is 0 Å². The lowest BCUT2D eigenvalue weighted by atomic mass is 9.90. The van der Waals surface area contributed by atoms with Crippen LogP contribution in [0.4, 0.5) is 4.79 Å². The summed E-state index contributed by atoms with van der Waals surface area (Å²) in [4.78, 5) is 25.4. The second kappa shape index (κ2) is 8.92. The molecular weight excluding hydrogens is 256 g/mol. The highest BCUT2D eigenvalue weighted by Gasteiger charge is 2.25. The van der Waals surface area contributed by atoms with E-state index in [0.29, 0.717) is 18.6 Å². The Bertz CT molecular complexity index is 314. The van der Waals surface area contributed by atoms with Gasteiger partial charge in [0.05, 0.1) is 6.54 Å². The van der Waals surface area contributed by atoms with Crippen molar-refractivity contribution in [3.8, 4) is 0 Å². The molecule has 0 unspecified atom stereocenters. The van der Waals surface area contributed by atoms with Crippen LogP contribution in [0.5, 0.6) is 0 Å². The van der Waals surface area contributed by atoms with Gasteiger partial charge in [0, 0.05) is 18.6 Å². The zero-order valence-corrected chi connectivity index (χ0v) is 12.7. The van der Waals surface area contributed by atoms with E-state index in [4.69, 9.17) is 5.73 Å². The number of hydrogen-bond acceptors (Lipinski definition) is 4. The second-order valence-electron chi connectivity index (χ2n) is 5.45. The smallest absolute Gasteiger partial charge is 0.321 e. The fourth-order valence-electron chi connectivity index (χ4n) is 2.70. The van der Waals surface area contributed by atoms with Crippen molar-refractivity contribution in [2.24, 2.45) is 5.73 Å². The predicted molar refractivity (Wildman–Crippen MR) is 79.3 cm³/mol. The zero-order valence-electron chi connectivity index (χ0n) is 12.7. The van der Waals surface area contributed by atoms with Crippen LogP contribution in [0.1, 0.15) is 46.0 Å². The van der Waals surface area contributed by atoms with Gasteiger partial charge in [0.2, 0.25) is 5.91 Å². The predicted octanol–water partition coefficient (Wildman–Crippen LogP) is 0.814. The Kier molecular flexibility index (Phi) is 7.54. The molecule has 116 valence electrons. The third-order valence-corrected chi connectivity index (χ3v) is 3.71. The molecule has 1 aliphatic carbocycles. The van der Waals surface area contributed by atoms with Gasteiger partial charge in [0.15, 0.2) is 0 Å². The van der Waals surface area contributed by atoms with Crippen molar-refractivity contribution in [3.05, 3.63) is 0 Å². The number of nitrogens with two attached hydrogens (primary N) is 1. The van der Waals surface area contributed by atoms with Gasteiger partial charge in [-0.2, -0.15) is 0 Å². The van der Waals surface area contributed by atoms with E-state index in [1.807, 2.05) is 6.92 Å². The monoisotopic (exact) mass is 284 g/mol. The molecule has 1 fully saturated rings. The summed E-state index contributed by atoms with van der Waals surface area (Å²) in [5.41, 5.74) is 5.92. The largest absolute Gasteiger partial charge is 0.338 e. The Morgan fingerprint density at radius 2 is 1.85 bits per heavy atom. The molecule has 0 aliphatic heterocycles. The highest BCUT2D eigenvalue weighted by Crippen LogP contribution is 2.22. The Morgan fingerprint density at radius 1 is 1.20 bits per heavy atom. The van der Waals surface area contributed by atoms with E-state index in [2.05, 4.69) is 22.5 Å². The maximum atomic E-state index is 11.9. The first-order valence-corrected chi connectivity index (χ1v) is 7.64. The Labute approximate surface area is 121 Å². The average Bonchev–Trinajstić information content (AvgIpc) is 2.39. The number of rotatable bonds is 6.